The Hall–Kier alpha value is -1.20. The summed E-state index contributed by atoms with van der Waals surface area (Å²) in [6.45, 7) is 31.5. The molecule has 0 aromatic heterocycles. The van der Waals surface area contributed by atoms with E-state index in [1.165, 1.54) is 19.3 Å². The van der Waals surface area contributed by atoms with Gasteiger partial charge in [0.1, 0.15) is 6.10 Å². The fraction of sp³-hybridized carbons (Fsp3) is 0.722. The van der Waals surface area contributed by atoms with Crippen molar-refractivity contribution >= 4 is 28.2 Å². The third-order valence-corrected chi connectivity index (χ3v) is 12.7. The summed E-state index contributed by atoms with van der Waals surface area (Å²) >= 11 is 0. The molecule has 1 unspecified atom stereocenters. The molecule has 6 atom stereocenters. The lowest BCUT2D eigenvalue weighted by Crippen LogP contribution is -2.48. The first-order chi connectivity index (χ1) is 20.2. The summed E-state index contributed by atoms with van der Waals surface area (Å²) in [4.78, 5) is 0.174. The summed E-state index contributed by atoms with van der Waals surface area (Å²) in [6.07, 6.45) is 7.91. The molecule has 0 spiro atoms. The molecule has 0 heterocycles. The van der Waals surface area contributed by atoms with Gasteiger partial charge in [-0.1, -0.05) is 92.0 Å². The van der Waals surface area contributed by atoms with Gasteiger partial charge in [0.15, 0.2) is 9.04 Å². The Morgan fingerprint density at radius 2 is 1.66 bits per heavy atom. The molecule has 2 fully saturated rings. The highest BCUT2D eigenvalue weighted by Gasteiger charge is 2.66. The van der Waals surface area contributed by atoms with Gasteiger partial charge in [0.2, 0.25) is 9.04 Å². The molecule has 0 N–H and O–H groups in total. The molecule has 2 aliphatic carbocycles. The van der Waals surface area contributed by atoms with Crippen LogP contribution in [0.25, 0.3) is 0 Å². The first kappa shape index (κ1) is 37.3. The second-order valence-electron chi connectivity index (χ2n) is 16.2. The molecule has 250 valence electrons. The maximum atomic E-state index is 13.7. The summed E-state index contributed by atoms with van der Waals surface area (Å²) in [7, 11) is -7.13. The first-order valence-corrected chi connectivity index (χ1v) is 23.9. The van der Waals surface area contributed by atoms with Crippen LogP contribution in [0.3, 0.4) is 0 Å². The first-order valence-electron chi connectivity index (χ1n) is 17.0. The fourth-order valence-corrected chi connectivity index (χ4v) is 10.7. The molecule has 2 saturated carbocycles. The zero-order valence-corrected chi connectivity index (χ0v) is 33.0. The number of benzene rings is 1. The van der Waals surface area contributed by atoms with Gasteiger partial charge >= 0.3 is 0 Å². The summed E-state index contributed by atoms with van der Waals surface area (Å²) in [5.74, 6) is 1.85. The van der Waals surface area contributed by atoms with Crippen molar-refractivity contribution in [2.24, 2.45) is 34.5 Å². The topological polar surface area (TPSA) is 61.8 Å². The van der Waals surface area contributed by atoms with Gasteiger partial charge < -0.3 is 8.85 Å². The average molecular weight is 663 g/mol. The number of hydrogen-bond acceptors (Lipinski definition) is 5. The van der Waals surface area contributed by atoms with Crippen LogP contribution in [0.4, 0.5) is 0 Å². The average Bonchev–Trinajstić information content (AvgIpc) is 3.31. The van der Waals surface area contributed by atoms with E-state index in [-0.39, 0.29) is 33.5 Å². The molecule has 0 aliphatic heterocycles. The van der Waals surface area contributed by atoms with Crippen LogP contribution in [-0.2, 0) is 23.2 Å². The van der Waals surface area contributed by atoms with E-state index >= 15 is 0 Å². The summed E-state index contributed by atoms with van der Waals surface area (Å²) < 4.78 is 47.8. The zero-order chi connectivity index (χ0) is 33.3. The van der Waals surface area contributed by atoms with Crippen molar-refractivity contribution in [2.45, 2.75) is 137 Å². The lowest BCUT2D eigenvalue weighted by molar-refractivity contribution is -0.0324. The SMILES string of the molecule is C=C1C[C@H]2[C@@H](/C(=C\[C@H](CCCCC)C(C)(C)C)O[SiH](C)C)[C@H](C(C)(C)C)C[C@@]2(O[SiH](C)C)C1OS(=O)(=O)c1ccc(C)cc1. The van der Waals surface area contributed by atoms with Gasteiger partial charge in [-0.05, 0) is 98.8 Å². The van der Waals surface area contributed by atoms with E-state index in [1.807, 2.05) is 19.1 Å². The largest absolute Gasteiger partial charge is 0.550 e. The van der Waals surface area contributed by atoms with Crippen LogP contribution in [0.5, 0.6) is 0 Å². The van der Waals surface area contributed by atoms with Crippen molar-refractivity contribution < 1.29 is 21.5 Å². The highest BCUT2D eigenvalue weighted by molar-refractivity contribution is 7.86. The van der Waals surface area contributed by atoms with Crippen molar-refractivity contribution in [3.05, 3.63) is 53.8 Å². The fourth-order valence-electron chi connectivity index (χ4n) is 7.54. The normalized spacial score (nSPS) is 27.3. The van der Waals surface area contributed by atoms with E-state index in [0.717, 1.165) is 29.7 Å². The monoisotopic (exact) mass is 662 g/mol. The standard InChI is InChI=1S/C36H62O5SSi2/c1-14-15-16-17-27(34(4,5)6)23-31(40-43(10)11)32-29-22-26(3)33(39-42(37,38)28-20-18-25(2)19-21-28)36(29,41-44(12)13)24-30(32)35(7,8)9/h18-21,23,27,29-30,32-33,43-44H,3,14-17,22,24H2,1-2,4-13H3/b31-23+/t27-,29-,30+,32+,33?,36-/m0/s1. The second-order valence-corrected chi connectivity index (χ2v) is 22.5. The van der Waals surface area contributed by atoms with Crippen LogP contribution in [0, 0.1) is 41.4 Å². The lowest BCUT2D eigenvalue weighted by Gasteiger charge is -2.38. The number of hydrogen-bond donors (Lipinski definition) is 0. The maximum absolute atomic E-state index is 13.7. The highest BCUT2D eigenvalue weighted by Crippen LogP contribution is 2.64. The van der Waals surface area contributed by atoms with Crippen molar-refractivity contribution in [1.82, 2.24) is 0 Å². The molecule has 44 heavy (non-hydrogen) atoms. The summed E-state index contributed by atoms with van der Waals surface area (Å²) in [5.41, 5.74) is 1.10. The molecule has 2 aliphatic rings. The summed E-state index contributed by atoms with van der Waals surface area (Å²) in [5, 5.41) is 0. The Bertz CT molecular complexity index is 1260. The van der Waals surface area contributed by atoms with E-state index in [4.69, 9.17) is 13.0 Å². The van der Waals surface area contributed by atoms with Crippen LogP contribution in [0.2, 0.25) is 26.2 Å². The van der Waals surface area contributed by atoms with Gasteiger partial charge in [0.05, 0.1) is 16.3 Å². The number of rotatable bonds is 13. The molecule has 0 radical (unpaired) electrons. The van der Waals surface area contributed by atoms with Crippen LogP contribution in [0.15, 0.2) is 53.1 Å². The number of aryl methyl sites for hydroxylation is 1. The van der Waals surface area contributed by atoms with Crippen molar-refractivity contribution in [3.8, 4) is 0 Å². The van der Waals surface area contributed by atoms with Gasteiger partial charge in [-0.3, -0.25) is 4.18 Å². The van der Waals surface area contributed by atoms with Crippen molar-refractivity contribution in [2.75, 3.05) is 0 Å². The van der Waals surface area contributed by atoms with Crippen LogP contribution in [-0.4, -0.2) is 38.2 Å². The lowest BCUT2D eigenvalue weighted by atomic mass is 9.70. The van der Waals surface area contributed by atoms with Crippen LogP contribution < -0.4 is 0 Å². The Balaban J connectivity index is 2.19. The van der Waals surface area contributed by atoms with Crippen molar-refractivity contribution in [3.63, 3.8) is 0 Å². The number of allylic oxidation sites excluding steroid dienone is 2. The predicted octanol–water partition coefficient (Wildman–Crippen LogP) is 9.19. The predicted molar refractivity (Wildman–Crippen MR) is 189 cm³/mol. The molecule has 0 bridgehead atoms. The molecular formula is C36H62O5SSi2. The molecule has 3 rings (SSSR count). The van der Waals surface area contributed by atoms with Gasteiger partial charge in [-0.2, -0.15) is 8.42 Å². The van der Waals surface area contributed by atoms with E-state index in [2.05, 4.69) is 87.3 Å². The Labute approximate surface area is 273 Å². The quantitative estimate of drug-likeness (QED) is 0.0693. The molecule has 8 heteroatoms. The van der Waals surface area contributed by atoms with Gasteiger partial charge in [-0.25, -0.2) is 0 Å². The van der Waals surface area contributed by atoms with Gasteiger partial charge in [-0.15, -0.1) is 0 Å². The smallest absolute Gasteiger partial charge is 0.297 e. The molecule has 5 nitrogen and oxygen atoms in total. The molecule has 1 aromatic rings. The van der Waals surface area contributed by atoms with E-state index < -0.39 is 39.9 Å². The van der Waals surface area contributed by atoms with Crippen LogP contribution >= 0.6 is 0 Å². The van der Waals surface area contributed by atoms with E-state index in [0.29, 0.717) is 12.3 Å². The van der Waals surface area contributed by atoms with Crippen molar-refractivity contribution in [1.29, 1.82) is 0 Å². The Kier molecular flexibility index (Phi) is 12.1. The minimum absolute atomic E-state index is 0.0302. The molecular weight excluding hydrogens is 601 g/mol. The second kappa shape index (κ2) is 14.3. The zero-order valence-electron chi connectivity index (χ0n) is 29.8. The Morgan fingerprint density at radius 1 is 1.05 bits per heavy atom. The minimum atomic E-state index is -4.03. The van der Waals surface area contributed by atoms with E-state index in [9.17, 15) is 8.42 Å². The van der Waals surface area contributed by atoms with Gasteiger partial charge in [0.25, 0.3) is 10.1 Å². The highest BCUT2D eigenvalue weighted by atomic mass is 32.2. The molecule has 0 amide bonds. The van der Waals surface area contributed by atoms with E-state index in [1.54, 1.807) is 12.1 Å². The number of unbranched alkanes of at least 4 members (excludes halogenated alkanes) is 2. The van der Waals surface area contributed by atoms with Crippen LogP contribution in [0.1, 0.15) is 92.6 Å². The summed E-state index contributed by atoms with van der Waals surface area (Å²) in [6, 6.07) is 6.89. The molecule has 0 saturated heterocycles. The third-order valence-electron chi connectivity index (χ3n) is 9.73. The molecule has 1 aromatic carbocycles. The Morgan fingerprint density at radius 3 is 2.16 bits per heavy atom. The number of fused-ring (bicyclic) bond motifs is 1. The minimum Gasteiger partial charge on any atom is -0.550 e. The maximum Gasteiger partial charge on any atom is 0.297 e. The third kappa shape index (κ3) is 8.58. The van der Waals surface area contributed by atoms with Gasteiger partial charge in [0, 0.05) is 11.8 Å².